The van der Waals surface area contributed by atoms with Gasteiger partial charge in [-0.1, -0.05) is 47.5 Å². The number of aromatic nitrogens is 3. The lowest BCUT2D eigenvalue weighted by Gasteiger charge is -2.12. The molecule has 0 unspecified atom stereocenters. The molecule has 3 rings (SSSR count). The molecule has 0 saturated carbocycles. The first-order valence-electron chi connectivity index (χ1n) is 7.69. The van der Waals surface area contributed by atoms with Crippen molar-refractivity contribution in [3.8, 4) is 0 Å². The first-order chi connectivity index (χ1) is 12.0. The second-order valence-corrected chi connectivity index (χ2v) is 6.10. The van der Waals surface area contributed by atoms with E-state index in [2.05, 4.69) is 15.4 Å². The van der Waals surface area contributed by atoms with E-state index >= 15 is 0 Å². The predicted octanol–water partition coefficient (Wildman–Crippen LogP) is 4.24. The molecule has 0 spiro atoms. The Kier molecular flexibility index (Phi) is 4.81. The Morgan fingerprint density at radius 1 is 1.28 bits per heavy atom. The van der Waals surface area contributed by atoms with Crippen LogP contribution in [0, 0.1) is 12.7 Å². The minimum Gasteiger partial charge on any atom is -0.317 e. The smallest absolute Gasteiger partial charge is 0.295 e. The number of halogens is 2. The van der Waals surface area contributed by atoms with E-state index < -0.39 is 11.7 Å². The molecule has 0 saturated heterocycles. The zero-order valence-electron chi connectivity index (χ0n) is 13.7. The average molecular weight is 359 g/mol. The van der Waals surface area contributed by atoms with E-state index in [9.17, 15) is 9.18 Å². The number of anilines is 1. The van der Waals surface area contributed by atoms with Crippen LogP contribution in [0.1, 0.15) is 34.7 Å². The van der Waals surface area contributed by atoms with Crippen LogP contribution in [0.2, 0.25) is 5.02 Å². The van der Waals surface area contributed by atoms with Gasteiger partial charge in [-0.05, 0) is 31.5 Å². The number of hydrogen-bond acceptors (Lipinski definition) is 3. The van der Waals surface area contributed by atoms with Crippen molar-refractivity contribution in [3.05, 3.63) is 76.6 Å². The van der Waals surface area contributed by atoms with Crippen LogP contribution < -0.4 is 5.32 Å². The summed E-state index contributed by atoms with van der Waals surface area (Å²) in [7, 11) is 0. The summed E-state index contributed by atoms with van der Waals surface area (Å²) in [5.74, 6) is -1.33. The summed E-state index contributed by atoms with van der Waals surface area (Å²) in [6.07, 6.45) is 1.48. The standard InChI is InChI=1S/C18H16ClFN4O/c1-11-5-3-6-13(9-11)12(2)24-10-21-17(23-24)18(25)22-15-8-4-7-14(19)16(15)20/h3-10,12H,1-2H3,(H,22,25)/t12-/m1/s1. The molecule has 0 aliphatic rings. The highest BCUT2D eigenvalue weighted by molar-refractivity contribution is 6.31. The van der Waals surface area contributed by atoms with Gasteiger partial charge in [0.15, 0.2) is 5.82 Å². The molecule has 0 aliphatic carbocycles. The first-order valence-corrected chi connectivity index (χ1v) is 8.06. The highest BCUT2D eigenvalue weighted by Crippen LogP contribution is 2.22. The van der Waals surface area contributed by atoms with Crippen molar-refractivity contribution in [3.63, 3.8) is 0 Å². The maximum atomic E-state index is 13.9. The zero-order valence-corrected chi connectivity index (χ0v) is 14.5. The van der Waals surface area contributed by atoms with Gasteiger partial charge in [0.1, 0.15) is 6.33 Å². The minimum atomic E-state index is -0.690. The summed E-state index contributed by atoms with van der Waals surface area (Å²) in [5, 5.41) is 6.57. The molecule has 2 aromatic carbocycles. The number of benzene rings is 2. The van der Waals surface area contributed by atoms with Gasteiger partial charge in [-0.2, -0.15) is 0 Å². The molecule has 0 radical (unpaired) electrons. The van der Waals surface area contributed by atoms with E-state index in [0.717, 1.165) is 11.1 Å². The minimum absolute atomic E-state index is 0.0133. The van der Waals surface area contributed by atoms with Crippen LogP contribution in [0.3, 0.4) is 0 Å². The maximum absolute atomic E-state index is 13.9. The van der Waals surface area contributed by atoms with Crippen molar-refractivity contribution in [2.75, 3.05) is 5.32 Å². The molecular weight excluding hydrogens is 343 g/mol. The van der Waals surface area contributed by atoms with Crippen LogP contribution in [0.25, 0.3) is 0 Å². The van der Waals surface area contributed by atoms with Crippen LogP contribution in [0.5, 0.6) is 0 Å². The molecule has 5 nitrogen and oxygen atoms in total. The summed E-state index contributed by atoms with van der Waals surface area (Å²) in [6.45, 7) is 3.97. The van der Waals surface area contributed by atoms with Crippen LogP contribution >= 0.6 is 11.6 Å². The highest BCUT2D eigenvalue weighted by atomic mass is 35.5. The molecular formula is C18H16ClFN4O. The molecule has 1 N–H and O–H groups in total. The molecule has 0 bridgehead atoms. The molecule has 3 aromatic rings. The van der Waals surface area contributed by atoms with Gasteiger partial charge in [-0.3, -0.25) is 4.79 Å². The topological polar surface area (TPSA) is 59.8 Å². The first kappa shape index (κ1) is 17.1. The molecule has 128 valence electrons. The maximum Gasteiger partial charge on any atom is 0.295 e. The number of aryl methyl sites for hydroxylation is 1. The van der Waals surface area contributed by atoms with E-state index in [1.54, 1.807) is 10.7 Å². The third kappa shape index (κ3) is 3.69. The summed E-state index contributed by atoms with van der Waals surface area (Å²) < 4.78 is 15.5. The Morgan fingerprint density at radius 3 is 2.80 bits per heavy atom. The Hall–Kier alpha value is -2.73. The lowest BCUT2D eigenvalue weighted by atomic mass is 10.1. The van der Waals surface area contributed by atoms with E-state index in [-0.39, 0.29) is 22.6 Å². The number of amides is 1. The molecule has 25 heavy (non-hydrogen) atoms. The van der Waals surface area contributed by atoms with Crippen molar-refractivity contribution in [1.29, 1.82) is 0 Å². The van der Waals surface area contributed by atoms with Gasteiger partial charge in [0.05, 0.1) is 16.8 Å². The van der Waals surface area contributed by atoms with Gasteiger partial charge < -0.3 is 5.32 Å². The number of carbonyl (C=O) groups is 1. The van der Waals surface area contributed by atoms with Gasteiger partial charge in [0.25, 0.3) is 5.91 Å². The average Bonchev–Trinajstić information content (AvgIpc) is 3.08. The van der Waals surface area contributed by atoms with Gasteiger partial charge in [-0.25, -0.2) is 14.1 Å². The van der Waals surface area contributed by atoms with Crippen molar-refractivity contribution in [1.82, 2.24) is 14.8 Å². The van der Waals surface area contributed by atoms with Crippen molar-refractivity contribution < 1.29 is 9.18 Å². The number of nitrogens with zero attached hydrogens (tertiary/aromatic N) is 3. The Balaban J connectivity index is 1.79. The highest BCUT2D eigenvalue weighted by Gasteiger charge is 2.17. The van der Waals surface area contributed by atoms with E-state index in [0.29, 0.717) is 0 Å². The van der Waals surface area contributed by atoms with Crippen molar-refractivity contribution in [2.45, 2.75) is 19.9 Å². The third-order valence-corrected chi connectivity index (χ3v) is 4.12. The normalized spacial score (nSPS) is 12.0. The summed E-state index contributed by atoms with van der Waals surface area (Å²) >= 11 is 5.71. The van der Waals surface area contributed by atoms with Crippen LogP contribution in [0.15, 0.2) is 48.8 Å². The van der Waals surface area contributed by atoms with E-state index in [4.69, 9.17) is 11.6 Å². The van der Waals surface area contributed by atoms with Crippen LogP contribution in [0.4, 0.5) is 10.1 Å². The van der Waals surface area contributed by atoms with Crippen molar-refractivity contribution >= 4 is 23.2 Å². The molecule has 0 aliphatic heterocycles. The predicted molar refractivity (Wildman–Crippen MR) is 94.4 cm³/mol. The fraction of sp³-hybridized carbons (Fsp3) is 0.167. The van der Waals surface area contributed by atoms with Gasteiger partial charge in [-0.15, -0.1) is 5.10 Å². The zero-order chi connectivity index (χ0) is 18.0. The summed E-state index contributed by atoms with van der Waals surface area (Å²) in [6, 6.07) is 12.3. The number of nitrogens with one attached hydrogen (secondary N) is 1. The SMILES string of the molecule is Cc1cccc([C@@H](C)n2cnc(C(=O)Nc3cccc(Cl)c3F)n2)c1. The van der Waals surface area contributed by atoms with Crippen LogP contribution in [-0.2, 0) is 0 Å². The monoisotopic (exact) mass is 358 g/mol. The fourth-order valence-electron chi connectivity index (χ4n) is 2.43. The molecule has 1 atom stereocenters. The van der Waals surface area contributed by atoms with E-state index in [1.807, 2.05) is 38.1 Å². The molecule has 0 fully saturated rings. The molecule has 1 aromatic heterocycles. The Bertz CT molecular complexity index is 925. The Morgan fingerprint density at radius 2 is 2.04 bits per heavy atom. The van der Waals surface area contributed by atoms with Crippen LogP contribution in [-0.4, -0.2) is 20.7 Å². The second kappa shape index (κ2) is 7.03. The quantitative estimate of drug-likeness (QED) is 0.758. The summed E-state index contributed by atoms with van der Waals surface area (Å²) in [4.78, 5) is 16.3. The second-order valence-electron chi connectivity index (χ2n) is 5.69. The molecule has 7 heteroatoms. The van der Waals surface area contributed by atoms with Gasteiger partial charge in [0.2, 0.25) is 5.82 Å². The molecule has 1 amide bonds. The third-order valence-electron chi connectivity index (χ3n) is 3.83. The van der Waals surface area contributed by atoms with Gasteiger partial charge >= 0.3 is 0 Å². The number of rotatable bonds is 4. The van der Waals surface area contributed by atoms with Gasteiger partial charge in [0, 0.05) is 0 Å². The fourth-order valence-corrected chi connectivity index (χ4v) is 2.60. The number of carbonyl (C=O) groups excluding carboxylic acids is 1. The summed E-state index contributed by atoms with van der Waals surface area (Å²) in [5.41, 5.74) is 2.18. The number of hydrogen-bond donors (Lipinski definition) is 1. The van der Waals surface area contributed by atoms with E-state index in [1.165, 1.54) is 18.5 Å². The Labute approximate surface area is 149 Å². The molecule has 1 heterocycles. The largest absolute Gasteiger partial charge is 0.317 e. The van der Waals surface area contributed by atoms with Crippen molar-refractivity contribution in [2.24, 2.45) is 0 Å². The lowest BCUT2D eigenvalue weighted by Crippen LogP contribution is -2.16. The lowest BCUT2D eigenvalue weighted by molar-refractivity contribution is 0.101.